The fraction of sp³-hybridized carbons (Fsp3) is 0.292. The Kier molecular flexibility index (Phi) is 6.95. The highest BCUT2D eigenvalue weighted by atomic mass is 35.5. The molecule has 1 fully saturated rings. The van der Waals surface area contributed by atoms with E-state index in [1.165, 1.54) is 25.5 Å². The number of likely N-dealkylation sites (tertiary alicyclic amines) is 1. The second-order valence-electron chi connectivity index (χ2n) is 8.81. The molecule has 0 spiro atoms. The van der Waals surface area contributed by atoms with Gasteiger partial charge in [0.15, 0.2) is 5.82 Å². The molecule has 2 aromatic heterocycles. The van der Waals surface area contributed by atoms with Crippen molar-refractivity contribution in [1.29, 1.82) is 0 Å². The number of nitrogens with zero attached hydrogens (tertiary/aromatic N) is 4. The lowest BCUT2D eigenvalue weighted by molar-refractivity contribution is 0.216. The first-order valence-electron chi connectivity index (χ1n) is 11.7. The van der Waals surface area contributed by atoms with E-state index in [-0.39, 0.29) is 0 Å². The molecule has 2 aromatic carbocycles. The van der Waals surface area contributed by atoms with Gasteiger partial charge in [0.05, 0.1) is 41.4 Å². The highest BCUT2D eigenvalue weighted by molar-refractivity contribution is 7.92. The SMILES string of the molecule is CS(=O)(=O)Nc1ccccc1Nc1nc(Nc2ccc3nc(CN4CCCCC4)[nH]c3c2)ncc1Cl. The highest BCUT2D eigenvalue weighted by Gasteiger charge is 2.14. The summed E-state index contributed by atoms with van der Waals surface area (Å²) in [4.78, 5) is 19.4. The Morgan fingerprint density at radius 1 is 1.03 bits per heavy atom. The number of benzene rings is 2. The fourth-order valence-electron chi connectivity index (χ4n) is 4.20. The number of aromatic nitrogens is 4. The summed E-state index contributed by atoms with van der Waals surface area (Å²) in [6, 6.07) is 12.7. The molecule has 1 aliphatic heterocycles. The molecule has 0 atom stereocenters. The number of piperidine rings is 1. The molecule has 10 nitrogen and oxygen atoms in total. The summed E-state index contributed by atoms with van der Waals surface area (Å²) in [5.41, 5.74) is 3.52. The van der Waals surface area contributed by atoms with Crippen molar-refractivity contribution >= 4 is 61.5 Å². The predicted octanol–water partition coefficient (Wildman–Crippen LogP) is 4.85. The number of hydrogen-bond donors (Lipinski definition) is 4. The number of anilines is 5. The summed E-state index contributed by atoms with van der Waals surface area (Å²) in [5.74, 6) is 1.63. The van der Waals surface area contributed by atoms with Crippen LogP contribution in [0, 0.1) is 0 Å². The Balaban J connectivity index is 1.33. The lowest BCUT2D eigenvalue weighted by Crippen LogP contribution is -2.29. The zero-order valence-electron chi connectivity index (χ0n) is 19.8. The van der Waals surface area contributed by atoms with Gasteiger partial charge < -0.3 is 15.6 Å². The van der Waals surface area contributed by atoms with Crippen molar-refractivity contribution in [1.82, 2.24) is 24.8 Å². The largest absolute Gasteiger partial charge is 0.341 e. The Bertz CT molecular complexity index is 1480. The minimum absolute atomic E-state index is 0.293. The fourth-order valence-corrected chi connectivity index (χ4v) is 4.91. The number of para-hydroxylation sites is 2. The van der Waals surface area contributed by atoms with E-state index in [4.69, 9.17) is 16.6 Å². The van der Waals surface area contributed by atoms with Crippen LogP contribution in [0.4, 0.5) is 28.8 Å². The maximum absolute atomic E-state index is 11.7. The molecule has 0 bridgehead atoms. The number of aromatic amines is 1. The summed E-state index contributed by atoms with van der Waals surface area (Å²) >= 11 is 6.32. The summed E-state index contributed by atoms with van der Waals surface area (Å²) in [7, 11) is -3.45. The van der Waals surface area contributed by atoms with Gasteiger partial charge in [-0.25, -0.2) is 18.4 Å². The Morgan fingerprint density at radius 2 is 1.81 bits per heavy atom. The van der Waals surface area contributed by atoms with E-state index in [9.17, 15) is 8.42 Å². The molecule has 0 aliphatic carbocycles. The topological polar surface area (TPSA) is 128 Å². The van der Waals surface area contributed by atoms with Crippen LogP contribution in [0.1, 0.15) is 25.1 Å². The normalized spacial score (nSPS) is 14.6. The van der Waals surface area contributed by atoms with E-state index < -0.39 is 10.0 Å². The smallest absolute Gasteiger partial charge is 0.229 e. The van der Waals surface area contributed by atoms with Gasteiger partial charge in [-0.2, -0.15) is 4.98 Å². The molecule has 5 rings (SSSR count). The van der Waals surface area contributed by atoms with Crippen LogP contribution >= 0.6 is 11.6 Å². The molecular formula is C24H27ClN8O2S. The van der Waals surface area contributed by atoms with Crippen LogP contribution < -0.4 is 15.4 Å². The first-order valence-corrected chi connectivity index (χ1v) is 13.9. The van der Waals surface area contributed by atoms with E-state index in [0.29, 0.717) is 28.2 Å². The molecule has 36 heavy (non-hydrogen) atoms. The number of nitrogens with one attached hydrogen (secondary N) is 4. The number of fused-ring (bicyclic) bond motifs is 1. The molecular weight excluding hydrogens is 500 g/mol. The van der Waals surface area contributed by atoms with Crippen molar-refractivity contribution in [2.45, 2.75) is 25.8 Å². The van der Waals surface area contributed by atoms with Gasteiger partial charge in [0.25, 0.3) is 0 Å². The van der Waals surface area contributed by atoms with Crippen molar-refractivity contribution in [2.75, 3.05) is 34.7 Å². The lowest BCUT2D eigenvalue weighted by Gasteiger charge is -2.25. The third kappa shape index (κ3) is 6.04. The molecule has 188 valence electrons. The van der Waals surface area contributed by atoms with Crippen molar-refractivity contribution in [2.24, 2.45) is 0 Å². The minimum atomic E-state index is -3.45. The standard InChI is InChI=1S/C24H27ClN8O2S/c1-36(34,35)32-20-8-4-3-7-18(20)30-23-17(25)14-26-24(31-23)27-16-9-10-19-21(13-16)29-22(28-19)15-33-11-5-2-6-12-33/h3-4,7-10,13-14,32H,2,5-6,11-12,15H2,1H3,(H,28,29)(H2,26,27,30,31). The monoisotopic (exact) mass is 526 g/mol. The van der Waals surface area contributed by atoms with Crippen LogP contribution in [0.3, 0.4) is 0 Å². The molecule has 0 radical (unpaired) electrons. The molecule has 4 aromatic rings. The molecule has 0 amide bonds. The Labute approximate surface area is 214 Å². The van der Waals surface area contributed by atoms with Crippen LogP contribution in [0.5, 0.6) is 0 Å². The van der Waals surface area contributed by atoms with Gasteiger partial charge in [0.2, 0.25) is 16.0 Å². The quantitative estimate of drug-likeness (QED) is 0.256. The number of halogens is 1. The van der Waals surface area contributed by atoms with Crippen molar-refractivity contribution in [3.8, 4) is 0 Å². The van der Waals surface area contributed by atoms with Gasteiger partial charge in [-0.05, 0) is 56.3 Å². The van der Waals surface area contributed by atoms with Crippen LogP contribution in [-0.4, -0.2) is 52.6 Å². The van der Waals surface area contributed by atoms with E-state index in [1.807, 2.05) is 18.2 Å². The molecule has 3 heterocycles. The first kappa shape index (κ1) is 24.3. The summed E-state index contributed by atoms with van der Waals surface area (Å²) in [6.45, 7) is 3.05. The summed E-state index contributed by atoms with van der Waals surface area (Å²) < 4.78 is 25.9. The van der Waals surface area contributed by atoms with Crippen molar-refractivity contribution in [3.63, 3.8) is 0 Å². The predicted molar refractivity (Wildman–Crippen MR) is 144 cm³/mol. The number of H-pyrrole nitrogens is 1. The van der Waals surface area contributed by atoms with Crippen molar-refractivity contribution in [3.05, 3.63) is 59.5 Å². The van der Waals surface area contributed by atoms with E-state index in [0.717, 1.165) is 48.4 Å². The van der Waals surface area contributed by atoms with Crippen LogP contribution in [0.2, 0.25) is 5.02 Å². The molecule has 1 aliphatic rings. The maximum Gasteiger partial charge on any atom is 0.229 e. The molecule has 0 saturated carbocycles. The third-order valence-corrected chi connectivity index (χ3v) is 6.70. The molecule has 4 N–H and O–H groups in total. The minimum Gasteiger partial charge on any atom is -0.341 e. The Morgan fingerprint density at radius 3 is 2.58 bits per heavy atom. The Hall–Kier alpha value is -3.41. The van der Waals surface area contributed by atoms with E-state index in [1.54, 1.807) is 24.3 Å². The average Bonchev–Trinajstić information content (AvgIpc) is 3.23. The van der Waals surface area contributed by atoms with Crippen LogP contribution in [-0.2, 0) is 16.6 Å². The number of hydrogen-bond acceptors (Lipinski definition) is 8. The maximum atomic E-state index is 11.7. The van der Waals surface area contributed by atoms with Gasteiger partial charge in [-0.15, -0.1) is 0 Å². The second-order valence-corrected chi connectivity index (χ2v) is 11.0. The highest BCUT2D eigenvalue weighted by Crippen LogP contribution is 2.30. The van der Waals surface area contributed by atoms with Crippen LogP contribution in [0.15, 0.2) is 48.7 Å². The molecule has 0 unspecified atom stereocenters. The summed E-state index contributed by atoms with van der Waals surface area (Å²) in [6.07, 6.45) is 6.37. The number of rotatable bonds is 8. The lowest BCUT2D eigenvalue weighted by atomic mass is 10.1. The molecule has 12 heteroatoms. The van der Waals surface area contributed by atoms with E-state index in [2.05, 4.69) is 35.2 Å². The van der Waals surface area contributed by atoms with Crippen LogP contribution in [0.25, 0.3) is 11.0 Å². The average molecular weight is 527 g/mol. The zero-order valence-corrected chi connectivity index (χ0v) is 21.3. The van der Waals surface area contributed by atoms with Crippen molar-refractivity contribution < 1.29 is 8.42 Å². The zero-order chi connectivity index (χ0) is 25.1. The van der Waals surface area contributed by atoms with E-state index >= 15 is 0 Å². The van der Waals surface area contributed by atoms with Gasteiger partial charge in [0.1, 0.15) is 10.8 Å². The first-order chi connectivity index (χ1) is 17.3. The number of imidazole rings is 1. The van der Waals surface area contributed by atoms with Gasteiger partial charge in [-0.1, -0.05) is 30.2 Å². The van der Waals surface area contributed by atoms with Gasteiger partial charge in [0, 0.05) is 5.69 Å². The molecule has 1 saturated heterocycles. The number of sulfonamides is 1. The third-order valence-electron chi connectivity index (χ3n) is 5.83. The summed E-state index contributed by atoms with van der Waals surface area (Å²) in [5, 5.41) is 6.59. The van der Waals surface area contributed by atoms with Gasteiger partial charge >= 0.3 is 0 Å². The second kappa shape index (κ2) is 10.3. The van der Waals surface area contributed by atoms with Gasteiger partial charge in [-0.3, -0.25) is 9.62 Å².